The number of thiazole rings is 1. The van der Waals surface area contributed by atoms with Crippen molar-refractivity contribution in [2.24, 2.45) is 0 Å². The molecule has 0 aliphatic carbocycles. The second kappa shape index (κ2) is 7.36. The van der Waals surface area contributed by atoms with E-state index in [1.165, 1.54) is 10.8 Å². The van der Waals surface area contributed by atoms with Crippen LogP contribution in [0.2, 0.25) is 0 Å². The van der Waals surface area contributed by atoms with Gasteiger partial charge in [-0.3, -0.25) is 9.59 Å². The highest BCUT2D eigenvalue weighted by molar-refractivity contribution is 7.18. The van der Waals surface area contributed by atoms with Gasteiger partial charge in [-0.05, 0) is 56.0 Å². The number of aryl methyl sites for hydroxylation is 2. The van der Waals surface area contributed by atoms with Gasteiger partial charge in [0.2, 0.25) is 0 Å². The third-order valence-electron chi connectivity index (χ3n) is 6.07. The van der Waals surface area contributed by atoms with Crippen molar-refractivity contribution in [3.63, 3.8) is 0 Å². The van der Waals surface area contributed by atoms with Crippen LogP contribution in [0.4, 0.5) is 0 Å². The van der Waals surface area contributed by atoms with Crippen molar-refractivity contribution in [3.05, 3.63) is 74.6 Å². The van der Waals surface area contributed by atoms with E-state index < -0.39 is 0 Å². The predicted molar refractivity (Wildman–Crippen MR) is 119 cm³/mol. The van der Waals surface area contributed by atoms with Crippen LogP contribution in [0, 0.1) is 13.8 Å². The van der Waals surface area contributed by atoms with Gasteiger partial charge in [0.15, 0.2) is 11.2 Å². The van der Waals surface area contributed by atoms with E-state index in [0.29, 0.717) is 30.0 Å². The molecule has 4 aromatic rings. The Kier molecular flexibility index (Phi) is 4.66. The van der Waals surface area contributed by atoms with Crippen molar-refractivity contribution in [1.29, 1.82) is 0 Å². The minimum absolute atomic E-state index is 0.125. The molecule has 0 saturated carbocycles. The van der Waals surface area contributed by atoms with Crippen molar-refractivity contribution >= 4 is 38.4 Å². The van der Waals surface area contributed by atoms with E-state index in [9.17, 15) is 9.59 Å². The number of fused-ring (bicyclic) bond motifs is 2. The lowest BCUT2D eigenvalue weighted by Gasteiger charge is -2.30. The molecule has 5 nitrogen and oxygen atoms in total. The molecule has 0 radical (unpaired) electrons. The summed E-state index contributed by atoms with van der Waals surface area (Å²) in [6, 6.07) is 13.2. The van der Waals surface area contributed by atoms with Gasteiger partial charge in [0.05, 0.1) is 20.6 Å². The zero-order valence-corrected chi connectivity index (χ0v) is 17.8. The molecule has 1 saturated heterocycles. The number of likely N-dealkylation sites (tertiary alicyclic amines) is 1. The standard InChI is InChI=1S/C24H22N2O3S/c1-14-7-8-17-19(27)13-20(29-22(17)15(14)2)24(28)26-11-9-16(10-12-26)23-25-18-5-3-4-6-21(18)30-23/h3-8,13,16H,9-12H2,1-2H3. The van der Waals surface area contributed by atoms with Gasteiger partial charge in [0, 0.05) is 25.1 Å². The first-order valence-corrected chi connectivity index (χ1v) is 11.0. The van der Waals surface area contributed by atoms with Gasteiger partial charge >= 0.3 is 0 Å². The molecule has 0 spiro atoms. The topological polar surface area (TPSA) is 63.4 Å². The fourth-order valence-electron chi connectivity index (χ4n) is 4.11. The molecule has 30 heavy (non-hydrogen) atoms. The number of carbonyl (C=O) groups excluding carboxylic acids is 1. The summed E-state index contributed by atoms with van der Waals surface area (Å²) in [7, 11) is 0. The molecule has 2 aromatic carbocycles. The van der Waals surface area contributed by atoms with Crippen LogP contribution in [0.3, 0.4) is 0 Å². The summed E-state index contributed by atoms with van der Waals surface area (Å²) in [5.41, 5.74) is 3.31. The maximum atomic E-state index is 13.1. The molecule has 1 amide bonds. The Balaban J connectivity index is 1.36. The second-order valence-electron chi connectivity index (χ2n) is 7.95. The van der Waals surface area contributed by atoms with E-state index in [1.807, 2.05) is 38.1 Å². The molecule has 5 rings (SSSR count). The molecule has 2 aromatic heterocycles. The SMILES string of the molecule is Cc1ccc2c(=O)cc(C(=O)N3CCC(c4nc5ccccc5s4)CC3)oc2c1C. The van der Waals surface area contributed by atoms with Gasteiger partial charge in [-0.2, -0.15) is 0 Å². The van der Waals surface area contributed by atoms with Gasteiger partial charge in [-0.15, -0.1) is 11.3 Å². The van der Waals surface area contributed by atoms with Crippen LogP contribution in [0.1, 0.15) is 45.4 Å². The fourth-order valence-corrected chi connectivity index (χ4v) is 5.24. The third kappa shape index (κ3) is 3.21. The van der Waals surface area contributed by atoms with Crippen LogP contribution >= 0.6 is 11.3 Å². The van der Waals surface area contributed by atoms with Crippen molar-refractivity contribution in [1.82, 2.24) is 9.88 Å². The first-order valence-electron chi connectivity index (χ1n) is 10.2. The highest BCUT2D eigenvalue weighted by atomic mass is 32.1. The van der Waals surface area contributed by atoms with Crippen LogP contribution in [0.25, 0.3) is 21.2 Å². The maximum absolute atomic E-state index is 13.1. The normalized spacial score (nSPS) is 15.2. The zero-order valence-electron chi connectivity index (χ0n) is 17.0. The van der Waals surface area contributed by atoms with Crippen molar-refractivity contribution in [2.75, 3.05) is 13.1 Å². The number of benzene rings is 2. The summed E-state index contributed by atoms with van der Waals surface area (Å²) in [6.45, 7) is 5.15. The minimum Gasteiger partial charge on any atom is -0.450 e. The molecular weight excluding hydrogens is 396 g/mol. The molecule has 1 aliphatic heterocycles. The van der Waals surface area contributed by atoms with E-state index in [4.69, 9.17) is 9.40 Å². The van der Waals surface area contributed by atoms with Gasteiger partial charge in [-0.25, -0.2) is 4.98 Å². The van der Waals surface area contributed by atoms with E-state index in [0.717, 1.165) is 34.5 Å². The van der Waals surface area contributed by atoms with E-state index in [-0.39, 0.29) is 17.1 Å². The van der Waals surface area contributed by atoms with E-state index >= 15 is 0 Å². The number of hydrogen-bond acceptors (Lipinski definition) is 5. The van der Waals surface area contributed by atoms with Crippen LogP contribution in [-0.4, -0.2) is 28.9 Å². The molecule has 3 heterocycles. The Morgan fingerprint density at radius 1 is 1.13 bits per heavy atom. The van der Waals surface area contributed by atoms with Crippen molar-refractivity contribution in [2.45, 2.75) is 32.6 Å². The van der Waals surface area contributed by atoms with Gasteiger partial charge in [0.25, 0.3) is 5.91 Å². The largest absolute Gasteiger partial charge is 0.450 e. The van der Waals surface area contributed by atoms with Crippen molar-refractivity contribution in [3.8, 4) is 0 Å². The Morgan fingerprint density at radius 2 is 1.90 bits per heavy atom. The Labute approximate surface area is 178 Å². The van der Waals surface area contributed by atoms with Crippen LogP contribution in [0.5, 0.6) is 0 Å². The monoisotopic (exact) mass is 418 g/mol. The van der Waals surface area contributed by atoms with Gasteiger partial charge in [0.1, 0.15) is 5.58 Å². The maximum Gasteiger partial charge on any atom is 0.289 e. The van der Waals surface area contributed by atoms with Gasteiger partial charge in [-0.1, -0.05) is 18.2 Å². The summed E-state index contributed by atoms with van der Waals surface area (Å²) in [4.78, 5) is 32.2. The van der Waals surface area contributed by atoms with Gasteiger partial charge < -0.3 is 9.32 Å². The molecule has 0 N–H and O–H groups in total. The zero-order chi connectivity index (χ0) is 20.8. The van der Waals surface area contributed by atoms with E-state index in [1.54, 1.807) is 22.3 Å². The summed E-state index contributed by atoms with van der Waals surface area (Å²) >= 11 is 1.74. The van der Waals surface area contributed by atoms with Crippen LogP contribution in [-0.2, 0) is 0 Å². The smallest absolute Gasteiger partial charge is 0.289 e. The Bertz CT molecular complexity index is 1300. The molecule has 0 atom stereocenters. The number of para-hydroxylation sites is 1. The lowest BCUT2D eigenvalue weighted by molar-refractivity contribution is 0.0681. The average Bonchev–Trinajstić information content (AvgIpc) is 3.20. The first-order chi connectivity index (χ1) is 14.5. The number of piperidine rings is 1. The summed E-state index contributed by atoms with van der Waals surface area (Å²) < 4.78 is 7.12. The minimum atomic E-state index is -0.211. The molecule has 1 fully saturated rings. The summed E-state index contributed by atoms with van der Waals surface area (Å²) in [6.07, 6.45) is 1.73. The first kappa shape index (κ1) is 19.0. The lowest BCUT2D eigenvalue weighted by atomic mass is 9.97. The number of amides is 1. The van der Waals surface area contributed by atoms with Crippen molar-refractivity contribution < 1.29 is 9.21 Å². The van der Waals surface area contributed by atoms with E-state index in [2.05, 4.69) is 6.07 Å². The number of carbonyl (C=O) groups is 1. The molecular formula is C24H22N2O3S. The second-order valence-corrected chi connectivity index (χ2v) is 9.01. The molecule has 6 heteroatoms. The summed E-state index contributed by atoms with van der Waals surface area (Å²) in [5.74, 6) is 0.275. The molecule has 0 bridgehead atoms. The molecule has 152 valence electrons. The number of hydrogen-bond donors (Lipinski definition) is 0. The average molecular weight is 419 g/mol. The fraction of sp³-hybridized carbons (Fsp3) is 0.292. The highest BCUT2D eigenvalue weighted by Gasteiger charge is 2.28. The molecule has 0 unspecified atom stereocenters. The quantitative estimate of drug-likeness (QED) is 0.458. The summed E-state index contributed by atoms with van der Waals surface area (Å²) in [5, 5.41) is 1.66. The number of rotatable bonds is 2. The number of nitrogens with zero attached hydrogens (tertiary/aromatic N) is 2. The van der Waals surface area contributed by atoms with Crippen LogP contribution < -0.4 is 5.43 Å². The Hall–Kier alpha value is -2.99. The lowest BCUT2D eigenvalue weighted by Crippen LogP contribution is -2.38. The van der Waals surface area contributed by atoms with Crippen LogP contribution in [0.15, 0.2) is 51.7 Å². The number of aromatic nitrogens is 1. The Morgan fingerprint density at radius 3 is 2.67 bits per heavy atom. The molecule has 1 aliphatic rings. The predicted octanol–water partition coefficient (Wildman–Crippen LogP) is 5.04. The highest BCUT2D eigenvalue weighted by Crippen LogP contribution is 2.34. The third-order valence-corrected chi connectivity index (χ3v) is 7.27.